The molecule has 1 aromatic heterocycles. The van der Waals surface area contributed by atoms with Gasteiger partial charge in [-0.1, -0.05) is 0 Å². The Morgan fingerprint density at radius 2 is 2.42 bits per heavy atom. The number of carboxylic acid groups (broad SMARTS) is 1. The number of carboxylic acids is 1. The van der Waals surface area contributed by atoms with Crippen LogP contribution in [-0.2, 0) is 0 Å². The molecular weight excluding hydrogens is 190 g/mol. The third kappa shape index (κ3) is 1.94. The summed E-state index contributed by atoms with van der Waals surface area (Å²) in [4.78, 5) is 16.0. The lowest BCUT2D eigenvalue weighted by molar-refractivity contribution is 0.0687. The summed E-state index contributed by atoms with van der Waals surface area (Å²) in [6.45, 7) is 0. The van der Waals surface area contributed by atoms with E-state index in [0.29, 0.717) is 0 Å². The predicted molar refractivity (Wildman–Crippen MR) is 37.4 cm³/mol. The monoisotopic (exact) mass is 194 g/mol. The maximum absolute atomic E-state index is 11.8. The van der Waals surface area contributed by atoms with E-state index in [2.05, 4.69) is 9.97 Å². The molecule has 0 aromatic carbocycles. The van der Waals surface area contributed by atoms with Crippen LogP contribution in [0.1, 0.15) is 10.5 Å². The summed E-state index contributed by atoms with van der Waals surface area (Å²) in [7, 11) is 0. The first kappa shape index (κ1) is 8.98. The molecule has 0 spiro atoms. The number of aromatic amines is 1. The number of carbonyl (C=O) groups is 1. The zero-order valence-corrected chi connectivity index (χ0v) is 6.44. The van der Waals surface area contributed by atoms with Gasteiger partial charge < -0.3 is 10.1 Å². The lowest BCUT2D eigenvalue weighted by Gasteiger charge is -1.95. The molecule has 0 atom stereocenters. The summed E-state index contributed by atoms with van der Waals surface area (Å²) in [6.07, 6.45) is 1.06. The number of rotatable bonds is 3. The molecule has 1 aromatic rings. The van der Waals surface area contributed by atoms with Crippen LogP contribution in [0.2, 0.25) is 0 Å². The summed E-state index contributed by atoms with van der Waals surface area (Å²) < 4.78 is 23.5. The topological polar surface area (TPSA) is 66.0 Å². The van der Waals surface area contributed by atoms with Crippen molar-refractivity contribution < 1.29 is 18.7 Å². The van der Waals surface area contributed by atoms with Crippen molar-refractivity contribution in [2.45, 2.75) is 10.8 Å². The summed E-state index contributed by atoms with van der Waals surface area (Å²) in [5, 5.41) is 8.24. The summed E-state index contributed by atoms with van der Waals surface area (Å²) in [5.41, 5.74) is -0.305. The molecule has 1 rings (SSSR count). The van der Waals surface area contributed by atoms with E-state index in [1.54, 1.807) is 0 Å². The molecular formula is C5H4F2N2O2S. The van der Waals surface area contributed by atoms with Crippen LogP contribution in [0.4, 0.5) is 8.78 Å². The Morgan fingerprint density at radius 3 is 2.92 bits per heavy atom. The highest BCUT2D eigenvalue weighted by Crippen LogP contribution is 2.25. The first-order chi connectivity index (χ1) is 5.61. The van der Waals surface area contributed by atoms with Crippen molar-refractivity contribution in [2.24, 2.45) is 0 Å². The van der Waals surface area contributed by atoms with Gasteiger partial charge in [0.2, 0.25) is 0 Å². The van der Waals surface area contributed by atoms with Crippen molar-refractivity contribution in [3.05, 3.63) is 12.0 Å². The molecule has 0 aliphatic heterocycles. The number of nitrogens with zero attached hydrogens (tertiary/aromatic N) is 1. The van der Waals surface area contributed by atoms with E-state index in [-0.39, 0.29) is 22.5 Å². The van der Waals surface area contributed by atoms with Crippen LogP contribution >= 0.6 is 11.8 Å². The zero-order chi connectivity index (χ0) is 9.14. The molecule has 0 bridgehead atoms. The van der Waals surface area contributed by atoms with Crippen molar-refractivity contribution in [3.63, 3.8) is 0 Å². The summed E-state index contributed by atoms with van der Waals surface area (Å²) in [5.74, 6) is -3.96. The fourth-order valence-corrected chi connectivity index (χ4v) is 1.16. The number of thioether (sulfide) groups is 1. The molecule has 7 heteroatoms. The number of imidazole rings is 1. The third-order valence-corrected chi connectivity index (χ3v) is 1.73. The van der Waals surface area contributed by atoms with Crippen LogP contribution < -0.4 is 0 Å². The Bertz CT molecular complexity index is 289. The van der Waals surface area contributed by atoms with Gasteiger partial charge in [0.05, 0.1) is 6.33 Å². The van der Waals surface area contributed by atoms with Gasteiger partial charge in [0.1, 0.15) is 5.03 Å². The van der Waals surface area contributed by atoms with E-state index in [9.17, 15) is 13.6 Å². The molecule has 4 nitrogen and oxygen atoms in total. The van der Waals surface area contributed by atoms with Crippen LogP contribution in [0, 0.1) is 0 Å². The average molecular weight is 194 g/mol. The van der Waals surface area contributed by atoms with Gasteiger partial charge in [-0.3, -0.25) is 0 Å². The molecule has 0 unspecified atom stereocenters. The SMILES string of the molecule is O=C(O)c1[nH]cnc1SC(F)F. The number of H-pyrrole nitrogens is 1. The standard InChI is InChI=1S/C5H4F2N2O2S/c6-5(7)12-3-2(4(10)11)8-1-9-3/h1,5H,(H,8,9)(H,10,11). The zero-order valence-electron chi connectivity index (χ0n) is 5.62. The fraction of sp³-hybridized carbons (Fsp3) is 0.200. The van der Waals surface area contributed by atoms with Crippen molar-refractivity contribution in [1.82, 2.24) is 9.97 Å². The van der Waals surface area contributed by atoms with Crippen molar-refractivity contribution in [3.8, 4) is 0 Å². The third-order valence-electron chi connectivity index (χ3n) is 1.02. The van der Waals surface area contributed by atoms with E-state index in [0.717, 1.165) is 6.33 Å². The molecule has 1 heterocycles. The molecule has 0 radical (unpaired) electrons. The second-order valence-electron chi connectivity index (χ2n) is 1.77. The maximum Gasteiger partial charge on any atom is 0.355 e. The highest BCUT2D eigenvalue weighted by atomic mass is 32.2. The minimum Gasteiger partial charge on any atom is -0.476 e. The Balaban J connectivity index is 2.84. The first-order valence-electron chi connectivity index (χ1n) is 2.82. The van der Waals surface area contributed by atoms with Gasteiger partial charge in [0, 0.05) is 0 Å². The smallest absolute Gasteiger partial charge is 0.355 e. The average Bonchev–Trinajstić information content (AvgIpc) is 2.33. The van der Waals surface area contributed by atoms with E-state index >= 15 is 0 Å². The van der Waals surface area contributed by atoms with Gasteiger partial charge in [0.25, 0.3) is 5.76 Å². The number of hydrogen-bond acceptors (Lipinski definition) is 3. The van der Waals surface area contributed by atoms with Gasteiger partial charge in [-0.05, 0) is 11.8 Å². The van der Waals surface area contributed by atoms with Gasteiger partial charge in [0.15, 0.2) is 5.69 Å². The molecule has 66 valence electrons. The quantitative estimate of drug-likeness (QED) is 0.714. The highest BCUT2D eigenvalue weighted by Gasteiger charge is 2.16. The summed E-state index contributed by atoms with van der Waals surface area (Å²) in [6, 6.07) is 0. The van der Waals surface area contributed by atoms with Crippen molar-refractivity contribution in [2.75, 3.05) is 0 Å². The van der Waals surface area contributed by atoms with Gasteiger partial charge in [-0.15, -0.1) is 0 Å². The Morgan fingerprint density at radius 1 is 1.75 bits per heavy atom. The molecule has 0 fully saturated rings. The van der Waals surface area contributed by atoms with E-state index < -0.39 is 11.7 Å². The van der Waals surface area contributed by atoms with Gasteiger partial charge >= 0.3 is 5.97 Å². The highest BCUT2D eigenvalue weighted by molar-refractivity contribution is 7.99. The van der Waals surface area contributed by atoms with E-state index in [4.69, 9.17) is 5.11 Å². The van der Waals surface area contributed by atoms with E-state index in [1.165, 1.54) is 0 Å². The van der Waals surface area contributed by atoms with Crippen molar-refractivity contribution >= 4 is 17.7 Å². The van der Waals surface area contributed by atoms with Gasteiger partial charge in [-0.25, -0.2) is 9.78 Å². The molecule has 12 heavy (non-hydrogen) atoms. The predicted octanol–water partition coefficient (Wildman–Crippen LogP) is 1.42. The second kappa shape index (κ2) is 3.53. The van der Waals surface area contributed by atoms with Crippen molar-refractivity contribution in [1.29, 1.82) is 0 Å². The fourth-order valence-electron chi connectivity index (χ4n) is 0.609. The number of alkyl halides is 2. The number of nitrogens with one attached hydrogen (secondary N) is 1. The first-order valence-corrected chi connectivity index (χ1v) is 3.70. The molecule has 2 N–H and O–H groups in total. The Hall–Kier alpha value is -1.11. The molecule has 0 aliphatic rings. The summed E-state index contributed by atoms with van der Waals surface area (Å²) >= 11 is 0.104. The van der Waals surface area contributed by atoms with Gasteiger partial charge in [-0.2, -0.15) is 8.78 Å². The van der Waals surface area contributed by atoms with Crippen LogP contribution in [-0.4, -0.2) is 26.8 Å². The molecule has 0 saturated heterocycles. The number of hydrogen-bond donors (Lipinski definition) is 2. The lowest BCUT2D eigenvalue weighted by atomic mass is 10.5. The minimum atomic E-state index is -2.66. The maximum atomic E-state index is 11.8. The lowest BCUT2D eigenvalue weighted by Crippen LogP contribution is -1.99. The largest absolute Gasteiger partial charge is 0.476 e. The number of halogens is 2. The number of aromatic nitrogens is 2. The second-order valence-corrected chi connectivity index (χ2v) is 2.75. The molecule has 0 aliphatic carbocycles. The van der Waals surface area contributed by atoms with Crippen LogP contribution in [0.5, 0.6) is 0 Å². The normalized spacial score (nSPS) is 10.6. The van der Waals surface area contributed by atoms with Crippen LogP contribution in [0.25, 0.3) is 0 Å². The Kier molecular flexibility index (Phi) is 2.64. The minimum absolute atomic E-state index is 0.104. The van der Waals surface area contributed by atoms with E-state index in [1.807, 2.05) is 0 Å². The Labute approximate surface area is 70.0 Å². The number of aromatic carboxylic acids is 1. The molecule has 0 amide bonds. The van der Waals surface area contributed by atoms with Crippen LogP contribution in [0.3, 0.4) is 0 Å². The van der Waals surface area contributed by atoms with Crippen LogP contribution in [0.15, 0.2) is 11.4 Å². The molecule has 0 saturated carbocycles.